The number of carbonyl (C=O) groups is 3. The Morgan fingerprint density at radius 1 is 1.05 bits per heavy atom. The molecule has 0 amide bonds. The van der Waals surface area contributed by atoms with Gasteiger partial charge in [-0.15, -0.1) is 0 Å². The molecule has 1 fully saturated rings. The number of Topliss-reactive ketones (excluding diaryl/α,β-unsaturated/α-hetero) is 1. The van der Waals surface area contributed by atoms with Crippen molar-refractivity contribution in [2.75, 3.05) is 0 Å². The SMILES string of the molecule is C=CC(=O)OC1CC(C(C)(C)C)CC(OC(=O)C=C)C1=O. The summed E-state index contributed by atoms with van der Waals surface area (Å²) in [6.07, 6.45) is 1.05. The predicted octanol–water partition coefficient (Wildman–Crippen LogP) is 2.21. The van der Waals surface area contributed by atoms with Crippen molar-refractivity contribution in [3.8, 4) is 0 Å². The molecule has 0 aromatic carbocycles. The van der Waals surface area contributed by atoms with Crippen molar-refractivity contribution in [3.63, 3.8) is 0 Å². The highest BCUT2D eigenvalue weighted by Crippen LogP contribution is 2.38. The highest BCUT2D eigenvalue weighted by Gasteiger charge is 2.44. The van der Waals surface area contributed by atoms with E-state index in [2.05, 4.69) is 13.2 Å². The summed E-state index contributed by atoms with van der Waals surface area (Å²) in [5, 5.41) is 0. The smallest absolute Gasteiger partial charge is 0.330 e. The molecule has 1 aliphatic carbocycles. The molecule has 2 atom stereocenters. The molecule has 0 heterocycles. The third-order valence-corrected chi connectivity index (χ3v) is 3.71. The Hall–Kier alpha value is -1.91. The van der Waals surface area contributed by atoms with E-state index in [1.54, 1.807) is 0 Å². The minimum atomic E-state index is -0.906. The van der Waals surface area contributed by atoms with Crippen LogP contribution in [0.5, 0.6) is 0 Å². The van der Waals surface area contributed by atoms with Crippen molar-refractivity contribution in [3.05, 3.63) is 25.3 Å². The summed E-state index contributed by atoms with van der Waals surface area (Å²) in [6.45, 7) is 12.7. The van der Waals surface area contributed by atoms with Gasteiger partial charge in [-0.2, -0.15) is 0 Å². The van der Waals surface area contributed by atoms with Gasteiger partial charge in [-0.1, -0.05) is 33.9 Å². The topological polar surface area (TPSA) is 69.7 Å². The summed E-state index contributed by atoms with van der Waals surface area (Å²) in [7, 11) is 0. The zero-order chi connectivity index (χ0) is 16.2. The van der Waals surface area contributed by atoms with Crippen molar-refractivity contribution in [1.29, 1.82) is 0 Å². The van der Waals surface area contributed by atoms with Crippen molar-refractivity contribution in [2.45, 2.75) is 45.8 Å². The van der Waals surface area contributed by atoms with E-state index in [1.807, 2.05) is 20.8 Å². The third kappa shape index (κ3) is 4.55. The molecule has 5 heteroatoms. The van der Waals surface area contributed by atoms with Crippen molar-refractivity contribution >= 4 is 17.7 Å². The average molecular weight is 294 g/mol. The number of ether oxygens (including phenoxy) is 2. The molecule has 0 bridgehead atoms. The second-order valence-corrected chi connectivity index (χ2v) is 6.20. The third-order valence-electron chi connectivity index (χ3n) is 3.71. The lowest BCUT2D eigenvalue weighted by atomic mass is 9.70. The maximum atomic E-state index is 12.3. The first-order valence-corrected chi connectivity index (χ1v) is 6.88. The van der Waals surface area contributed by atoms with Gasteiger partial charge in [-0.3, -0.25) is 4.79 Å². The first-order chi connectivity index (χ1) is 9.68. The van der Waals surface area contributed by atoms with Crippen molar-refractivity contribution < 1.29 is 23.9 Å². The first kappa shape index (κ1) is 17.1. The van der Waals surface area contributed by atoms with Gasteiger partial charge in [0.15, 0.2) is 12.2 Å². The molecular weight excluding hydrogens is 272 g/mol. The molecule has 5 nitrogen and oxygen atoms in total. The van der Waals surface area contributed by atoms with E-state index < -0.39 is 24.1 Å². The van der Waals surface area contributed by atoms with Crippen LogP contribution in [-0.4, -0.2) is 29.9 Å². The summed E-state index contributed by atoms with van der Waals surface area (Å²) < 4.78 is 10.2. The van der Waals surface area contributed by atoms with E-state index in [-0.39, 0.29) is 17.1 Å². The molecule has 2 unspecified atom stereocenters. The lowest BCUT2D eigenvalue weighted by molar-refractivity contribution is -0.168. The van der Waals surface area contributed by atoms with Gasteiger partial charge in [0.05, 0.1) is 0 Å². The number of esters is 2. The van der Waals surface area contributed by atoms with Crippen LogP contribution in [0.4, 0.5) is 0 Å². The van der Waals surface area contributed by atoms with E-state index >= 15 is 0 Å². The number of carbonyl (C=O) groups excluding carboxylic acids is 3. The average Bonchev–Trinajstić information content (AvgIpc) is 2.41. The quantitative estimate of drug-likeness (QED) is 0.587. The van der Waals surface area contributed by atoms with Gasteiger partial charge in [0.1, 0.15) is 0 Å². The maximum absolute atomic E-state index is 12.3. The monoisotopic (exact) mass is 294 g/mol. The molecule has 0 spiro atoms. The largest absolute Gasteiger partial charge is 0.451 e. The Morgan fingerprint density at radius 2 is 1.43 bits per heavy atom. The van der Waals surface area contributed by atoms with Crippen LogP contribution in [0.1, 0.15) is 33.6 Å². The van der Waals surface area contributed by atoms with E-state index in [0.717, 1.165) is 12.2 Å². The Kier molecular flexibility index (Phi) is 5.47. The highest BCUT2D eigenvalue weighted by molar-refractivity contribution is 5.93. The van der Waals surface area contributed by atoms with Crippen LogP contribution >= 0.6 is 0 Å². The Morgan fingerprint density at radius 3 is 1.71 bits per heavy atom. The minimum absolute atomic E-state index is 0.0837. The van der Waals surface area contributed by atoms with Gasteiger partial charge < -0.3 is 9.47 Å². The number of ketones is 1. The first-order valence-electron chi connectivity index (χ1n) is 6.88. The molecule has 0 radical (unpaired) electrons. The number of rotatable bonds is 4. The molecule has 0 aliphatic heterocycles. The second kappa shape index (κ2) is 6.70. The number of hydrogen-bond donors (Lipinski definition) is 0. The lowest BCUT2D eigenvalue weighted by Gasteiger charge is -2.39. The van der Waals surface area contributed by atoms with Crippen LogP contribution < -0.4 is 0 Å². The maximum Gasteiger partial charge on any atom is 0.330 e. The van der Waals surface area contributed by atoms with Crippen molar-refractivity contribution in [1.82, 2.24) is 0 Å². The molecule has 1 aliphatic rings. The summed E-state index contributed by atoms with van der Waals surface area (Å²) in [5.74, 6) is -1.62. The van der Waals surface area contributed by atoms with Gasteiger partial charge in [0, 0.05) is 12.2 Å². The fourth-order valence-corrected chi connectivity index (χ4v) is 2.35. The van der Waals surface area contributed by atoms with Crippen LogP contribution in [0, 0.1) is 11.3 Å². The molecule has 0 aromatic rings. The molecule has 116 valence electrons. The molecule has 0 saturated heterocycles. The lowest BCUT2D eigenvalue weighted by Crippen LogP contribution is -2.47. The van der Waals surface area contributed by atoms with Gasteiger partial charge in [-0.25, -0.2) is 9.59 Å². The fraction of sp³-hybridized carbons (Fsp3) is 0.562. The summed E-state index contributed by atoms with van der Waals surface area (Å²) in [5.41, 5.74) is -0.0988. The van der Waals surface area contributed by atoms with Crippen LogP contribution in [0.25, 0.3) is 0 Å². The normalized spacial score (nSPS) is 25.9. The predicted molar refractivity (Wildman–Crippen MR) is 77.3 cm³/mol. The molecule has 0 N–H and O–H groups in total. The molecular formula is C16H22O5. The zero-order valence-corrected chi connectivity index (χ0v) is 12.8. The van der Waals surface area contributed by atoms with E-state index in [0.29, 0.717) is 12.8 Å². The Bertz CT molecular complexity index is 424. The molecule has 0 aromatic heterocycles. The zero-order valence-electron chi connectivity index (χ0n) is 12.8. The number of hydrogen-bond acceptors (Lipinski definition) is 5. The molecule has 1 rings (SSSR count). The van der Waals surface area contributed by atoms with Crippen LogP contribution in [0.3, 0.4) is 0 Å². The van der Waals surface area contributed by atoms with Gasteiger partial charge in [-0.05, 0) is 24.2 Å². The summed E-state index contributed by atoms with van der Waals surface area (Å²) >= 11 is 0. The van der Waals surface area contributed by atoms with Gasteiger partial charge >= 0.3 is 11.9 Å². The van der Waals surface area contributed by atoms with Gasteiger partial charge in [0.25, 0.3) is 0 Å². The minimum Gasteiger partial charge on any atom is -0.451 e. The van der Waals surface area contributed by atoms with Crippen LogP contribution in [0.15, 0.2) is 25.3 Å². The van der Waals surface area contributed by atoms with Crippen LogP contribution in [0.2, 0.25) is 0 Å². The summed E-state index contributed by atoms with van der Waals surface area (Å²) in [6, 6.07) is 0. The van der Waals surface area contributed by atoms with Crippen LogP contribution in [-0.2, 0) is 23.9 Å². The van der Waals surface area contributed by atoms with E-state index in [4.69, 9.17) is 9.47 Å². The standard InChI is InChI=1S/C16H22O5/c1-6-13(17)20-11-8-10(16(3,4)5)9-12(15(11)19)21-14(18)7-2/h6-7,10-12H,1-2,8-9H2,3-5H3. The second-order valence-electron chi connectivity index (χ2n) is 6.20. The molecule has 21 heavy (non-hydrogen) atoms. The molecule has 1 saturated carbocycles. The Labute approximate surface area is 125 Å². The van der Waals surface area contributed by atoms with Crippen molar-refractivity contribution in [2.24, 2.45) is 11.3 Å². The van der Waals surface area contributed by atoms with E-state index in [9.17, 15) is 14.4 Å². The fourth-order valence-electron chi connectivity index (χ4n) is 2.35. The highest BCUT2D eigenvalue weighted by atomic mass is 16.6. The summed E-state index contributed by atoms with van der Waals surface area (Å²) in [4.78, 5) is 35.0. The van der Waals surface area contributed by atoms with E-state index in [1.165, 1.54) is 0 Å². The Balaban J connectivity index is 2.94. The van der Waals surface area contributed by atoms with Gasteiger partial charge in [0.2, 0.25) is 5.78 Å².